The molecule has 4 nitrogen and oxygen atoms in total. The summed E-state index contributed by atoms with van der Waals surface area (Å²) in [4.78, 5) is 14.7. The summed E-state index contributed by atoms with van der Waals surface area (Å²) in [5.74, 6) is 0.375. The minimum absolute atomic E-state index is 0.0278. The van der Waals surface area contributed by atoms with Crippen molar-refractivity contribution in [1.29, 1.82) is 0 Å². The van der Waals surface area contributed by atoms with Crippen LogP contribution >= 0.6 is 27.7 Å². The maximum Gasteiger partial charge on any atom is 0.253 e. The number of amides is 1. The Labute approximate surface area is 219 Å². The number of fused-ring (bicyclic) bond motifs is 1. The molecule has 0 saturated carbocycles. The normalized spacial score (nSPS) is 15.6. The lowest BCUT2D eigenvalue weighted by Gasteiger charge is -2.22. The molecule has 0 unspecified atom stereocenters. The molecule has 2 heterocycles. The second-order valence-electron chi connectivity index (χ2n) is 8.92. The van der Waals surface area contributed by atoms with E-state index in [1.165, 1.54) is 16.5 Å². The summed E-state index contributed by atoms with van der Waals surface area (Å²) in [5, 5.41) is 7.76. The number of hydrazone groups is 1. The van der Waals surface area contributed by atoms with Gasteiger partial charge < -0.3 is 4.57 Å². The van der Waals surface area contributed by atoms with Gasteiger partial charge in [-0.2, -0.15) is 5.10 Å². The van der Waals surface area contributed by atoms with Crippen LogP contribution in [0.1, 0.15) is 42.5 Å². The molecule has 0 N–H and O–H groups in total. The van der Waals surface area contributed by atoms with E-state index in [4.69, 9.17) is 5.10 Å². The summed E-state index contributed by atoms with van der Waals surface area (Å²) < 4.78 is 3.32. The molecule has 1 amide bonds. The standard InChI is InChI=1S/C29H28BrN3OS/c1-3-16-32-18-28(24-6-4-5-7-26(24)32)35-19-29(34)33-27(22-10-8-20(2)9-11-22)17-25(31-33)21-12-14-23(30)15-13-21/h4-15,18,27H,3,16-17,19H2,1-2H3/t27-/m0/s1. The van der Waals surface area contributed by atoms with Crippen LogP contribution in [0.4, 0.5) is 0 Å². The van der Waals surface area contributed by atoms with Crippen LogP contribution < -0.4 is 0 Å². The highest BCUT2D eigenvalue weighted by molar-refractivity contribution is 9.10. The van der Waals surface area contributed by atoms with Gasteiger partial charge in [0.1, 0.15) is 0 Å². The number of para-hydroxylation sites is 1. The van der Waals surface area contributed by atoms with Crippen LogP contribution in [-0.2, 0) is 11.3 Å². The van der Waals surface area contributed by atoms with E-state index >= 15 is 0 Å². The van der Waals surface area contributed by atoms with E-state index in [-0.39, 0.29) is 11.9 Å². The first-order valence-corrected chi connectivity index (χ1v) is 13.7. The fourth-order valence-electron chi connectivity index (χ4n) is 4.56. The van der Waals surface area contributed by atoms with Gasteiger partial charge in [-0.1, -0.05) is 83.0 Å². The number of aromatic nitrogens is 1. The van der Waals surface area contributed by atoms with Crippen molar-refractivity contribution in [3.05, 3.63) is 100 Å². The Morgan fingerprint density at radius 2 is 1.80 bits per heavy atom. The van der Waals surface area contributed by atoms with Crippen molar-refractivity contribution in [2.75, 3.05) is 5.75 Å². The molecule has 6 heteroatoms. The number of aryl methyl sites for hydroxylation is 2. The van der Waals surface area contributed by atoms with Crippen LogP contribution in [0.5, 0.6) is 0 Å². The van der Waals surface area contributed by atoms with Crippen molar-refractivity contribution < 1.29 is 4.79 Å². The Hall–Kier alpha value is -2.83. The predicted octanol–water partition coefficient (Wildman–Crippen LogP) is 7.59. The number of rotatable bonds is 7. The average molecular weight is 547 g/mol. The van der Waals surface area contributed by atoms with Crippen LogP contribution in [-0.4, -0.2) is 26.9 Å². The Morgan fingerprint density at radius 3 is 2.54 bits per heavy atom. The topological polar surface area (TPSA) is 37.6 Å². The maximum absolute atomic E-state index is 13.6. The van der Waals surface area contributed by atoms with Crippen LogP contribution in [0.2, 0.25) is 0 Å². The van der Waals surface area contributed by atoms with E-state index in [2.05, 4.69) is 101 Å². The number of carbonyl (C=O) groups is 1. The molecule has 0 saturated heterocycles. The second kappa shape index (κ2) is 10.4. The van der Waals surface area contributed by atoms with Gasteiger partial charge in [0.05, 0.1) is 17.5 Å². The predicted molar refractivity (Wildman–Crippen MR) is 149 cm³/mol. The number of hydrogen-bond donors (Lipinski definition) is 0. The first kappa shape index (κ1) is 23.9. The molecular formula is C29H28BrN3OS. The van der Waals surface area contributed by atoms with Crippen molar-refractivity contribution in [3.8, 4) is 0 Å². The Morgan fingerprint density at radius 1 is 1.06 bits per heavy atom. The highest BCUT2D eigenvalue weighted by Gasteiger charge is 2.33. The van der Waals surface area contributed by atoms with Crippen LogP contribution in [0.15, 0.2) is 93.5 Å². The number of thioether (sulfide) groups is 1. The van der Waals surface area contributed by atoms with E-state index in [1.54, 1.807) is 16.8 Å². The van der Waals surface area contributed by atoms with Gasteiger partial charge in [0.15, 0.2) is 0 Å². The molecule has 1 aliphatic heterocycles. The van der Waals surface area contributed by atoms with Gasteiger partial charge in [0, 0.05) is 39.4 Å². The summed E-state index contributed by atoms with van der Waals surface area (Å²) in [7, 11) is 0. The monoisotopic (exact) mass is 545 g/mol. The third-order valence-electron chi connectivity index (χ3n) is 6.37. The maximum atomic E-state index is 13.6. The molecule has 1 aromatic heterocycles. The number of hydrogen-bond acceptors (Lipinski definition) is 3. The lowest BCUT2D eigenvalue weighted by molar-refractivity contribution is -0.130. The molecular weight excluding hydrogens is 518 g/mol. The zero-order chi connectivity index (χ0) is 24.4. The molecule has 4 aromatic rings. The van der Waals surface area contributed by atoms with E-state index in [9.17, 15) is 4.79 Å². The first-order chi connectivity index (χ1) is 17.0. The molecule has 1 aliphatic rings. The van der Waals surface area contributed by atoms with Gasteiger partial charge in [-0.25, -0.2) is 5.01 Å². The second-order valence-corrected chi connectivity index (χ2v) is 10.8. The SMILES string of the molecule is CCCn1cc(SCC(=O)N2N=C(c3ccc(Br)cc3)C[C@H]2c2ccc(C)cc2)c2ccccc21. The molecule has 3 aromatic carbocycles. The van der Waals surface area contributed by atoms with Gasteiger partial charge in [-0.05, 0) is 42.7 Å². The zero-order valence-corrected chi connectivity index (χ0v) is 22.3. The quantitative estimate of drug-likeness (QED) is 0.224. The van der Waals surface area contributed by atoms with Gasteiger partial charge in [0.25, 0.3) is 5.91 Å². The Bertz CT molecular complexity index is 1380. The van der Waals surface area contributed by atoms with Crippen molar-refractivity contribution in [2.24, 2.45) is 5.10 Å². The highest BCUT2D eigenvalue weighted by Crippen LogP contribution is 2.35. The van der Waals surface area contributed by atoms with Crippen molar-refractivity contribution in [2.45, 2.75) is 44.2 Å². The van der Waals surface area contributed by atoms with Crippen molar-refractivity contribution >= 4 is 50.2 Å². The van der Waals surface area contributed by atoms with E-state index in [0.29, 0.717) is 12.2 Å². The summed E-state index contributed by atoms with van der Waals surface area (Å²) in [6.07, 6.45) is 3.96. The molecule has 0 radical (unpaired) electrons. The summed E-state index contributed by atoms with van der Waals surface area (Å²) in [6, 6.07) is 24.9. The molecule has 0 bridgehead atoms. The molecule has 1 atom stereocenters. The lowest BCUT2D eigenvalue weighted by atomic mass is 9.98. The van der Waals surface area contributed by atoms with Gasteiger partial charge in [0.2, 0.25) is 0 Å². The zero-order valence-electron chi connectivity index (χ0n) is 19.9. The molecule has 0 aliphatic carbocycles. The smallest absolute Gasteiger partial charge is 0.253 e. The van der Waals surface area contributed by atoms with Crippen molar-refractivity contribution in [3.63, 3.8) is 0 Å². The Kier molecular flexibility index (Phi) is 7.12. The van der Waals surface area contributed by atoms with Gasteiger partial charge in [-0.3, -0.25) is 4.79 Å². The number of benzene rings is 3. The minimum atomic E-state index is -0.0937. The van der Waals surface area contributed by atoms with E-state index in [1.807, 2.05) is 12.1 Å². The summed E-state index contributed by atoms with van der Waals surface area (Å²) in [6.45, 7) is 5.24. The third kappa shape index (κ3) is 5.09. The molecule has 5 rings (SSSR count). The lowest BCUT2D eigenvalue weighted by Crippen LogP contribution is -2.28. The molecule has 178 valence electrons. The Balaban J connectivity index is 1.41. The van der Waals surface area contributed by atoms with Gasteiger partial charge >= 0.3 is 0 Å². The number of nitrogens with zero attached hydrogens (tertiary/aromatic N) is 3. The third-order valence-corrected chi connectivity index (χ3v) is 7.93. The molecule has 0 fully saturated rings. The minimum Gasteiger partial charge on any atom is -0.346 e. The fourth-order valence-corrected chi connectivity index (χ4v) is 5.77. The van der Waals surface area contributed by atoms with Gasteiger partial charge in [-0.15, -0.1) is 11.8 Å². The largest absolute Gasteiger partial charge is 0.346 e. The molecule has 0 spiro atoms. The van der Waals surface area contributed by atoms with Crippen molar-refractivity contribution in [1.82, 2.24) is 9.58 Å². The molecule has 35 heavy (non-hydrogen) atoms. The summed E-state index contributed by atoms with van der Waals surface area (Å²) in [5.41, 5.74) is 5.54. The van der Waals surface area contributed by atoms with Crippen LogP contribution in [0.25, 0.3) is 10.9 Å². The highest BCUT2D eigenvalue weighted by atomic mass is 79.9. The van der Waals surface area contributed by atoms with E-state index in [0.717, 1.165) is 39.2 Å². The number of carbonyl (C=O) groups excluding carboxylic acids is 1. The van der Waals surface area contributed by atoms with E-state index < -0.39 is 0 Å². The average Bonchev–Trinajstić information content (AvgIpc) is 3.46. The van der Waals surface area contributed by atoms with Crippen LogP contribution in [0.3, 0.4) is 0 Å². The first-order valence-electron chi connectivity index (χ1n) is 12.0. The van der Waals surface area contributed by atoms with Crippen LogP contribution in [0, 0.1) is 6.92 Å². The number of halogens is 1. The summed E-state index contributed by atoms with van der Waals surface area (Å²) >= 11 is 5.11. The fraction of sp³-hybridized carbons (Fsp3) is 0.241.